The maximum atomic E-state index is 14.1. The van der Waals surface area contributed by atoms with Crippen LogP contribution in [0.15, 0.2) is 24.3 Å². The molecule has 0 aromatic heterocycles. The second kappa shape index (κ2) is 4.99. The minimum absolute atomic E-state index is 0.0526. The Morgan fingerprint density at radius 2 is 1.74 bits per heavy atom. The normalized spacial score (nSPS) is 19.0. The van der Waals surface area contributed by atoms with Gasteiger partial charge in [0.25, 0.3) is 0 Å². The van der Waals surface area contributed by atoms with Crippen LogP contribution in [0.25, 0.3) is 10.8 Å². The summed E-state index contributed by atoms with van der Waals surface area (Å²) in [7, 11) is -0.733. The molecule has 1 N–H and O–H groups in total. The van der Waals surface area contributed by atoms with Gasteiger partial charge in [-0.05, 0) is 56.7 Å². The molecule has 3 rings (SSSR count). The maximum Gasteiger partial charge on any atom is 0.495 e. The van der Waals surface area contributed by atoms with Gasteiger partial charge in [-0.3, -0.25) is 0 Å². The Labute approximate surface area is 135 Å². The van der Waals surface area contributed by atoms with Crippen LogP contribution in [0.4, 0.5) is 4.39 Å². The van der Waals surface area contributed by atoms with Crippen molar-refractivity contribution in [1.29, 1.82) is 0 Å². The van der Waals surface area contributed by atoms with Crippen molar-refractivity contribution in [2.75, 3.05) is 0 Å². The first kappa shape index (κ1) is 15.9. The Kier molecular flexibility index (Phi) is 3.44. The first-order chi connectivity index (χ1) is 10.7. The standard InChI is InChI=1S/C18H18BFO3/c1-6-13-15(20)8-7-11-9-12(21)10-14(16(11)13)19-22-17(2,3)18(4,5)23-19/h1,7-10,21H,2-5H3. The van der Waals surface area contributed by atoms with Gasteiger partial charge in [0.05, 0.1) is 16.8 Å². The molecule has 1 heterocycles. The molecule has 118 valence electrons. The van der Waals surface area contributed by atoms with E-state index in [0.29, 0.717) is 16.2 Å². The molecule has 0 spiro atoms. The Morgan fingerprint density at radius 3 is 2.30 bits per heavy atom. The number of benzene rings is 2. The SMILES string of the molecule is C#Cc1c(F)ccc2cc(O)cc(B3OC(C)(C)C(C)(C)O3)c12. The molecule has 1 aliphatic rings. The third kappa shape index (κ3) is 2.39. The highest BCUT2D eigenvalue weighted by molar-refractivity contribution is 6.65. The number of halogens is 1. The molecule has 0 radical (unpaired) electrons. The van der Waals surface area contributed by atoms with Crippen LogP contribution in [0.1, 0.15) is 33.3 Å². The van der Waals surface area contributed by atoms with Crippen LogP contribution in [0.2, 0.25) is 0 Å². The van der Waals surface area contributed by atoms with Crippen molar-refractivity contribution in [3.8, 4) is 18.1 Å². The summed E-state index contributed by atoms with van der Waals surface area (Å²) in [6, 6.07) is 5.94. The van der Waals surface area contributed by atoms with Gasteiger partial charge in [0.1, 0.15) is 11.6 Å². The lowest BCUT2D eigenvalue weighted by Crippen LogP contribution is -2.41. The van der Waals surface area contributed by atoms with Gasteiger partial charge in [-0.15, -0.1) is 6.42 Å². The summed E-state index contributed by atoms with van der Waals surface area (Å²) < 4.78 is 26.2. The van der Waals surface area contributed by atoms with Crippen molar-refractivity contribution in [2.45, 2.75) is 38.9 Å². The molecule has 0 unspecified atom stereocenters. The van der Waals surface area contributed by atoms with Crippen molar-refractivity contribution < 1.29 is 18.8 Å². The van der Waals surface area contributed by atoms with Gasteiger partial charge in [0, 0.05) is 5.39 Å². The monoisotopic (exact) mass is 312 g/mol. The van der Waals surface area contributed by atoms with E-state index in [1.165, 1.54) is 12.1 Å². The summed E-state index contributed by atoms with van der Waals surface area (Å²) in [5.41, 5.74) is -0.406. The molecule has 0 saturated carbocycles. The zero-order valence-corrected chi connectivity index (χ0v) is 13.6. The highest BCUT2D eigenvalue weighted by Crippen LogP contribution is 2.37. The van der Waals surface area contributed by atoms with E-state index < -0.39 is 24.1 Å². The fraction of sp³-hybridized carbons (Fsp3) is 0.333. The highest BCUT2D eigenvalue weighted by atomic mass is 19.1. The van der Waals surface area contributed by atoms with E-state index in [2.05, 4.69) is 5.92 Å². The summed E-state index contributed by atoms with van der Waals surface area (Å²) in [5.74, 6) is 1.96. The molecule has 1 fully saturated rings. The van der Waals surface area contributed by atoms with Crippen molar-refractivity contribution in [1.82, 2.24) is 0 Å². The molecule has 0 amide bonds. The molecule has 0 aliphatic carbocycles. The first-order valence-corrected chi connectivity index (χ1v) is 7.43. The molecular weight excluding hydrogens is 294 g/mol. The van der Waals surface area contributed by atoms with Crippen LogP contribution in [-0.4, -0.2) is 23.4 Å². The maximum absolute atomic E-state index is 14.1. The van der Waals surface area contributed by atoms with Crippen molar-refractivity contribution in [3.63, 3.8) is 0 Å². The Balaban J connectivity index is 2.27. The molecule has 0 atom stereocenters. The fourth-order valence-electron chi connectivity index (χ4n) is 2.75. The van der Waals surface area contributed by atoms with Gasteiger partial charge in [-0.2, -0.15) is 0 Å². The molecule has 1 aliphatic heterocycles. The molecule has 5 heteroatoms. The zero-order chi connectivity index (χ0) is 17.0. The van der Waals surface area contributed by atoms with Crippen molar-refractivity contribution >= 4 is 23.4 Å². The Hall–Kier alpha value is -2.03. The van der Waals surface area contributed by atoms with Gasteiger partial charge in [0.15, 0.2) is 0 Å². The minimum Gasteiger partial charge on any atom is -0.508 e. The van der Waals surface area contributed by atoms with E-state index in [1.54, 1.807) is 12.1 Å². The summed E-state index contributed by atoms with van der Waals surface area (Å²) in [6.45, 7) is 7.72. The number of terminal acetylenes is 1. The van der Waals surface area contributed by atoms with Gasteiger partial charge in [-0.25, -0.2) is 4.39 Å². The van der Waals surface area contributed by atoms with E-state index >= 15 is 0 Å². The predicted octanol–water partition coefficient (Wildman–Crippen LogP) is 2.97. The topological polar surface area (TPSA) is 38.7 Å². The fourth-order valence-corrected chi connectivity index (χ4v) is 2.75. The molecule has 1 saturated heterocycles. The van der Waals surface area contributed by atoms with E-state index in [9.17, 15) is 9.50 Å². The van der Waals surface area contributed by atoms with Crippen molar-refractivity contribution in [2.24, 2.45) is 0 Å². The average Bonchev–Trinajstić information content (AvgIpc) is 2.67. The van der Waals surface area contributed by atoms with Crippen LogP contribution in [0.5, 0.6) is 5.75 Å². The number of phenolic OH excluding ortho intramolecular Hbond substituents is 1. The third-order valence-corrected chi connectivity index (χ3v) is 4.73. The molecular formula is C18H18BFO3. The zero-order valence-electron chi connectivity index (χ0n) is 13.6. The number of phenols is 1. The van der Waals surface area contributed by atoms with Crippen LogP contribution in [0, 0.1) is 18.2 Å². The number of aromatic hydroxyl groups is 1. The van der Waals surface area contributed by atoms with Crippen LogP contribution in [0.3, 0.4) is 0 Å². The second-order valence-electron chi connectivity index (χ2n) is 6.79. The molecule has 2 aromatic rings. The lowest BCUT2D eigenvalue weighted by Gasteiger charge is -2.32. The summed E-state index contributed by atoms with van der Waals surface area (Å²) in [6.07, 6.45) is 5.49. The average molecular weight is 312 g/mol. The number of fused-ring (bicyclic) bond motifs is 1. The number of hydrogen-bond donors (Lipinski definition) is 1. The van der Waals surface area contributed by atoms with E-state index in [1.807, 2.05) is 27.7 Å². The molecule has 3 nitrogen and oxygen atoms in total. The summed E-state index contributed by atoms with van der Waals surface area (Å²) >= 11 is 0. The van der Waals surface area contributed by atoms with Crippen LogP contribution >= 0.6 is 0 Å². The molecule has 2 aromatic carbocycles. The smallest absolute Gasteiger partial charge is 0.495 e. The minimum atomic E-state index is -0.733. The lowest BCUT2D eigenvalue weighted by molar-refractivity contribution is 0.00578. The first-order valence-electron chi connectivity index (χ1n) is 7.43. The van der Waals surface area contributed by atoms with Gasteiger partial charge in [-0.1, -0.05) is 12.0 Å². The Morgan fingerprint density at radius 1 is 1.13 bits per heavy atom. The largest absolute Gasteiger partial charge is 0.508 e. The quantitative estimate of drug-likeness (QED) is 0.650. The molecule has 0 bridgehead atoms. The van der Waals surface area contributed by atoms with Gasteiger partial charge >= 0.3 is 7.12 Å². The second-order valence-corrected chi connectivity index (χ2v) is 6.79. The predicted molar refractivity (Wildman–Crippen MR) is 89.2 cm³/mol. The van der Waals surface area contributed by atoms with E-state index in [0.717, 1.165) is 0 Å². The van der Waals surface area contributed by atoms with Crippen LogP contribution < -0.4 is 5.46 Å². The van der Waals surface area contributed by atoms with E-state index in [-0.39, 0.29) is 11.3 Å². The Bertz CT molecular complexity index is 820. The van der Waals surface area contributed by atoms with Gasteiger partial charge in [0.2, 0.25) is 0 Å². The van der Waals surface area contributed by atoms with Crippen molar-refractivity contribution in [3.05, 3.63) is 35.6 Å². The third-order valence-electron chi connectivity index (χ3n) is 4.73. The summed E-state index contributed by atoms with van der Waals surface area (Å²) in [4.78, 5) is 0. The number of rotatable bonds is 1. The lowest BCUT2D eigenvalue weighted by atomic mass is 9.75. The van der Waals surface area contributed by atoms with E-state index in [4.69, 9.17) is 15.7 Å². The highest BCUT2D eigenvalue weighted by Gasteiger charge is 2.52. The van der Waals surface area contributed by atoms with Crippen LogP contribution in [-0.2, 0) is 9.31 Å². The number of hydrogen-bond acceptors (Lipinski definition) is 3. The molecule has 23 heavy (non-hydrogen) atoms. The summed E-state index contributed by atoms with van der Waals surface area (Å²) in [5, 5.41) is 11.2. The van der Waals surface area contributed by atoms with Gasteiger partial charge < -0.3 is 14.4 Å².